The lowest BCUT2D eigenvalue weighted by atomic mass is 10.0. The van der Waals surface area contributed by atoms with Gasteiger partial charge in [-0.2, -0.15) is 5.10 Å². The molecule has 0 aliphatic rings. The number of hydrogen-bond donors (Lipinski definition) is 1. The lowest BCUT2D eigenvalue weighted by Crippen LogP contribution is -2.23. The Labute approximate surface area is 139 Å². The predicted octanol–water partition coefficient (Wildman–Crippen LogP) is 4.51. The second-order valence-corrected chi connectivity index (χ2v) is 6.43. The Bertz CT molecular complexity index is 583. The van der Waals surface area contributed by atoms with Crippen molar-refractivity contribution < 1.29 is 0 Å². The van der Waals surface area contributed by atoms with Gasteiger partial charge in [0.15, 0.2) is 0 Å². The first kappa shape index (κ1) is 16.5. The van der Waals surface area contributed by atoms with Gasteiger partial charge < -0.3 is 5.32 Å². The minimum absolute atomic E-state index is 0.327. The second-order valence-electron chi connectivity index (χ2n) is 5.17. The van der Waals surface area contributed by atoms with Crippen molar-refractivity contribution in [3.63, 3.8) is 0 Å². The Morgan fingerprint density at radius 2 is 2.19 bits per heavy atom. The lowest BCUT2D eigenvalue weighted by Gasteiger charge is -2.19. The van der Waals surface area contributed by atoms with E-state index in [1.807, 2.05) is 24.0 Å². The maximum Gasteiger partial charge on any atom is 0.0548 e. The molecule has 0 saturated heterocycles. The van der Waals surface area contributed by atoms with Gasteiger partial charge in [0.05, 0.1) is 5.02 Å². The quantitative estimate of drug-likeness (QED) is 0.777. The van der Waals surface area contributed by atoms with E-state index in [1.54, 1.807) is 0 Å². The van der Waals surface area contributed by atoms with Crippen molar-refractivity contribution in [2.45, 2.75) is 32.2 Å². The summed E-state index contributed by atoms with van der Waals surface area (Å²) in [5.41, 5.74) is 2.52. The molecule has 0 spiro atoms. The van der Waals surface area contributed by atoms with Crippen LogP contribution >= 0.6 is 27.5 Å². The number of nitrogens with zero attached hydrogens (tertiary/aromatic N) is 2. The topological polar surface area (TPSA) is 29.9 Å². The minimum Gasteiger partial charge on any atom is -0.310 e. The lowest BCUT2D eigenvalue weighted by molar-refractivity contribution is 0.491. The summed E-state index contributed by atoms with van der Waals surface area (Å²) in [5.74, 6) is 0. The van der Waals surface area contributed by atoms with Crippen LogP contribution in [0.3, 0.4) is 0 Å². The summed E-state index contributed by atoms with van der Waals surface area (Å²) in [5, 5.41) is 8.60. The van der Waals surface area contributed by atoms with Crippen molar-refractivity contribution in [2.75, 3.05) is 6.54 Å². The van der Waals surface area contributed by atoms with Crippen LogP contribution in [0.2, 0.25) is 5.02 Å². The van der Waals surface area contributed by atoms with Crippen molar-refractivity contribution in [1.82, 2.24) is 15.1 Å². The molecule has 0 saturated carbocycles. The smallest absolute Gasteiger partial charge is 0.0548 e. The normalized spacial score (nSPS) is 12.6. The van der Waals surface area contributed by atoms with Crippen molar-refractivity contribution in [2.24, 2.45) is 7.05 Å². The van der Waals surface area contributed by atoms with Gasteiger partial charge in [-0.05, 0) is 65.5 Å². The molecule has 114 valence electrons. The summed E-state index contributed by atoms with van der Waals surface area (Å²) in [6.45, 7) is 3.19. The molecule has 0 bridgehead atoms. The first-order valence-electron chi connectivity index (χ1n) is 7.27. The first-order valence-corrected chi connectivity index (χ1v) is 8.44. The fourth-order valence-corrected chi connectivity index (χ4v) is 2.89. The molecule has 1 N–H and O–H groups in total. The Kier molecular flexibility index (Phi) is 6.27. The van der Waals surface area contributed by atoms with Crippen molar-refractivity contribution in [3.05, 3.63) is 51.2 Å². The Morgan fingerprint density at radius 3 is 2.81 bits per heavy atom. The molecule has 3 nitrogen and oxygen atoms in total. The van der Waals surface area contributed by atoms with E-state index in [1.165, 1.54) is 11.3 Å². The SMILES string of the molecule is CCCNC(CCc1ccnn1C)c1ccc(Cl)c(Br)c1. The summed E-state index contributed by atoms with van der Waals surface area (Å²) in [6.07, 6.45) is 5.01. The zero-order chi connectivity index (χ0) is 15.2. The van der Waals surface area contributed by atoms with Crippen molar-refractivity contribution >= 4 is 27.5 Å². The first-order chi connectivity index (χ1) is 10.1. The third kappa shape index (κ3) is 4.56. The standard InChI is InChI=1S/C16H21BrClN3/c1-3-9-19-16(7-5-13-8-10-20-21(13)2)12-4-6-15(18)14(17)11-12/h4,6,8,10-11,16,19H,3,5,7,9H2,1-2H3. The van der Waals surface area contributed by atoms with Gasteiger partial charge in [0.2, 0.25) is 0 Å². The molecule has 0 radical (unpaired) electrons. The average molecular weight is 371 g/mol. The molecule has 0 aliphatic carbocycles. The average Bonchev–Trinajstić information content (AvgIpc) is 2.88. The Morgan fingerprint density at radius 1 is 1.38 bits per heavy atom. The number of aryl methyl sites for hydroxylation is 2. The van der Waals surface area contributed by atoms with Crippen LogP contribution in [-0.4, -0.2) is 16.3 Å². The molecule has 21 heavy (non-hydrogen) atoms. The predicted molar refractivity (Wildman–Crippen MR) is 91.7 cm³/mol. The van der Waals surface area contributed by atoms with Crippen molar-refractivity contribution in [1.29, 1.82) is 0 Å². The monoisotopic (exact) mass is 369 g/mol. The summed E-state index contributed by atoms with van der Waals surface area (Å²) >= 11 is 9.60. The Hall–Kier alpha value is -0.840. The van der Waals surface area contributed by atoms with Crippen LogP contribution in [0.4, 0.5) is 0 Å². The van der Waals surface area contributed by atoms with Crippen LogP contribution in [0.1, 0.15) is 37.1 Å². The van der Waals surface area contributed by atoms with Gasteiger partial charge in [0.25, 0.3) is 0 Å². The zero-order valence-corrected chi connectivity index (χ0v) is 14.8. The van der Waals surface area contributed by atoms with E-state index in [-0.39, 0.29) is 0 Å². The molecule has 2 rings (SSSR count). The molecule has 0 amide bonds. The minimum atomic E-state index is 0.327. The van der Waals surface area contributed by atoms with Gasteiger partial charge in [-0.25, -0.2) is 0 Å². The molecule has 1 unspecified atom stereocenters. The highest BCUT2D eigenvalue weighted by Gasteiger charge is 2.13. The van der Waals surface area contributed by atoms with Crippen LogP contribution in [0.5, 0.6) is 0 Å². The number of nitrogens with one attached hydrogen (secondary N) is 1. The van der Waals surface area contributed by atoms with Crippen LogP contribution < -0.4 is 5.32 Å². The molecular formula is C16H21BrClN3. The molecule has 0 fully saturated rings. The van der Waals surface area contributed by atoms with E-state index in [4.69, 9.17) is 11.6 Å². The Balaban J connectivity index is 2.09. The maximum absolute atomic E-state index is 6.09. The van der Waals surface area contributed by atoms with E-state index >= 15 is 0 Å². The van der Waals surface area contributed by atoms with Gasteiger partial charge in [-0.15, -0.1) is 0 Å². The number of halogens is 2. The zero-order valence-electron chi connectivity index (χ0n) is 12.4. The summed E-state index contributed by atoms with van der Waals surface area (Å²) in [4.78, 5) is 0. The highest BCUT2D eigenvalue weighted by atomic mass is 79.9. The summed E-state index contributed by atoms with van der Waals surface area (Å²) in [7, 11) is 1.99. The second kappa shape index (κ2) is 7.97. The molecule has 1 atom stereocenters. The van der Waals surface area contributed by atoms with Crippen molar-refractivity contribution in [3.8, 4) is 0 Å². The third-order valence-electron chi connectivity index (χ3n) is 3.60. The summed E-state index contributed by atoms with van der Waals surface area (Å²) < 4.78 is 2.89. The van der Waals surface area contributed by atoms with Crippen LogP contribution in [-0.2, 0) is 13.5 Å². The van der Waals surface area contributed by atoms with Gasteiger partial charge in [0, 0.05) is 29.5 Å². The molecular weight excluding hydrogens is 350 g/mol. The molecule has 0 aliphatic heterocycles. The number of rotatable bonds is 7. The molecule has 1 aromatic heterocycles. The fourth-order valence-electron chi connectivity index (χ4n) is 2.37. The van der Waals surface area contributed by atoms with E-state index in [0.717, 1.165) is 35.3 Å². The van der Waals surface area contributed by atoms with Gasteiger partial charge in [-0.1, -0.05) is 24.6 Å². The highest BCUT2D eigenvalue weighted by Crippen LogP contribution is 2.28. The van der Waals surface area contributed by atoms with E-state index in [0.29, 0.717) is 6.04 Å². The highest BCUT2D eigenvalue weighted by molar-refractivity contribution is 9.10. The molecule has 2 aromatic rings. The number of hydrogen-bond acceptors (Lipinski definition) is 2. The van der Waals surface area contributed by atoms with E-state index in [9.17, 15) is 0 Å². The van der Waals surface area contributed by atoms with Crippen LogP contribution in [0.15, 0.2) is 34.9 Å². The number of aromatic nitrogens is 2. The largest absolute Gasteiger partial charge is 0.310 e. The van der Waals surface area contributed by atoms with Crippen LogP contribution in [0.25, 0.3) is 0 Å². The molecule has 1 aromatic carbocycles. The van der Waals surface area contributed by atoms with E-state index < -0.39 is 0 Å². The summed E-state index contributed by atoms with van der Waals surface area (Å²) in [6, 6.07) is 8.57. The van der Waals surface area contributed by atoms with Crippen LogP contribution in [0, 0.1) is 0 Å². The molecule has 5 heteroatoms. The number of benzene rings is 1. The maximum atomic E-state index is 6.09. The molecule has 1 heterocycles. The van der Waals surface area contributed by atoms with Gasteiger partial charge in [-0.3, -0.25) is 4.68 Å². The van der Waals surface area contributed by atoms with Gasteiger partial charge >= 0.3 is 0 Å². The van der Waals surface area contributed by atoms with Gasteiger partial charge in [0.1, 0.15) is 0 Å². The fraction of sp³-hybridized carbons (Fsp3) is 0.438. The third-order valence-corrected chi connectivity index (χ3v) is 4.81. The van der Waals surface area contributed by atoms with E-state index in [2.05, 4.69) is 51.5 Å².